The maximum Gasteiger partial charge on any atom is 0.341 e. The van der Waals surface area contributed by atoms with Gasteiger partial charge in [0.25, 0.3) is 0 Å². The molecule has 1 saturated heterocycles. The molecule has 2 N–H and O–H groups in total. The Morgan fingerprint density at radius 2 is 2.20 bits per heavy atom. The number of urea groups is 1. The molecule has 5 nitrogen and oxygen atoms in total. The Balaban J connectivity index is 2.88. The second-order valence-corrected chi connectivity index (χ2v) is 4.68. The maximum absolute atomic E-state index is 11.9. The number of rotatable bonds is 1. The zero-order valence-electron chi connectivity index (χ0n) is 9.78. The lowest BCUT2D eigenvalue weighted by molar-refractivity contribution is -0.133. The molecule has 0 bridgehead atoms. The van der Waals surface area contributed by atoms with Crippen LogP contribution in [0.1, 0.15) is 34.1 Å². The lowest BCUT2D eigenvalue weighted by Crippen LogP contribution is -2.50. The SMILES string of the molecule is CCN(N)C(=O)N1C(=O)C(C)(C)CC1C. The van der Waals surface area contributed by atoms with E-state index in [1.165, 1.54) is 4.90 Å². The topological polar surface area (TPSA) is 66.6 Å². The van der Waals surface area contributed by atoms with Gasteiger partial charge in [-0.25, -0.2) is 10.6 Å². The average molecular weight is 213 g/mol. The summed E-state index contributed by atoms with van der Waals surface area (Å²) >= 11 is 0. The molecule has 1 aliphatic heterocycles. The van der Waals surface area contributed by atoms with E-state index in [1.807, 2.05) is 20.8 Å². The molecule has 0 spiro atoms. The Hall–Kier alpha value is -1.10. The van der Waals surface area contributed by atoms with Crippen molar-refractivity contribution in [1.82, 2.24) is 9.91 Å². The fourth-order valence-corrected chi connectivity index (χ4v) is 1.99. The summed E-state index contributed by atoms with van der Waals surface area (Å²) in [6.07, 6.45) is 0.690. The number of nitrogens with two attached hydrogens (primary N) is 1. The molecule has 0 aromatic heterocycles. The number of hydrazine groups is 1. The van der Waals surface area contributed by atoms with Crippen LogP contribution in [0.25, 0.3) is 0 Å². The van der Waals surface area contributed by atoms with Crippen molar-refractivity contribution in [2.75, 3.05) is 6.54 Å². The standard InChI is InChI=1S/C10H19N3O2/c1-5-12(11)9(15)13-7(2)6-10(3,4)8(13)14/h7H,5-6,11H2,1-4H3. The zero-order chi connectivity index (χ0) is 11.8. The summed E-state index contributed by atoms with van der Waals surface area (Å²) in [5.74, 6) is 5.36. The lowest BCUT2D eigenvalue weighted by atomic mass is 9.90. The van der Waals surface area contributed by atoms with E-state index >= 15 is 0 Å². The molecule has 1 aliphatic rings. The smallest absolute Gasteiger partial charge is 0.274 e. The molecule has 86 valence electrons. The van der Waals surface area contributed by atoms with Crippen molar-refractivity contribution in [3.63, 3.8) is 0 Å². The van der Waals surface area contributed by atoms with Crippen molar-refractivity contribution in [2.45, 2.75) is 40.2 Å². The molecule has 3 amide bonds. The van der Waals surface area contributed by atoms with Crippen molar-refractivity contribution in [1.29, 1.82) is 0 Å². The van der Waals surface area contributed by atoms with Crippen molar-refractivity contribution in [3.05, 3.63) is 0 Å². The van der Waals surface area contributed by atoms with Crippen LogP contribution in [0, 0.1) is 5.41 Å². The first kappa shape index (κ1) is 12.0. The highest BCUT2D eigenvalue weighted by atomic mass is 16.2. The summed E-state index contributed by atoms with van der Waals surface area (Å²) in [6.45, 7) is 7.75. The molecule has 0 aromatic rings. The Morgan fingerprint density at radius 1 is 1.67 bits per heavy atom. The third kappa shape index (κ3) is 1.97. The number of nitrogens with zero attached hydrogens (tertiary/aromatic N) is 2. The normalized spacial score (nSPS) is 24.5. The molecule has 0 saturated carbocycles. The van der Waals surface area contributed by atoms with Gasteiger partial charge >= 0.3 is 6.03 Å². The molecule has 0 radical (unpaired) electrons. The Kier molecular flexibility index (Phi) is 3.04. The Bertz CT molecular complexity index is 288. The summed E-state index contributed by atoms with van der Waals surface area (Å²) < 4.78 is 0. The third-order valence-corrected chi connectivity index (χ3v) is 2.84. The molecule has 1 heterocycles. The maximum atomic E-state index is 11.9. The van der Waals surface area contributed by atoms with Gasteiger partial charge in [-0.3, -0.25) is 14.7 Å². The molecular weight excluding hydrogens is 194 g/mol. The monoisotopic (exact) mass is 213 g/mol. The van der Waals surface area contributed by atoms with Gasteiger partial charge in [0, 0.05) is 18.0 Å². The molecule has 15 heavy (non-hydrogen) atoms. The van der Waals surface area contributed by atoms with Crippen LogP contribution in [0.3, 0.4) is 0 Å². The molecule has 1 fully saturated rings. The molecule has 1 rings (SSSR count). The minimum absolute atomic E-state index is 0.0717. The van der Waals surface area contributed by atoms with Gasteiger partial charge in [-0.1, -0.05) is 13.8 Å². The number of imide groups is 1. The first-order valence-corrected chi connectivity index (χ1v) is 5.21. The van der Waals surface area contributed by atoms with Crippen LogP contribution in [-0.4, -0.2) is 34.4 Å². The van der Waals surface area contributed by atoms with E-state index in [1.54, 1.807) is 6.92 Å². The van der Waals surface area contributed by atoms with Crippen molar-refractivity contribution in [2.24, 2.45) is 11.3 Å². The van der Waals surface area contributed by atoms with Crippen LogP contribution in [0.15, 0.2) is 0 Å². The molecule has 0 aliphatic carbocycles. The van der Waals surface area contributed by atoms with Crippen molar-refractivity contribution in [3.8, 4) is 0 Å². The fourth-order valence-electron chi connectivity index (χ4n) is 1.99. The predicted octanol–water partition coefficient (Wildman–Crippen LogP) is 0.949. The number of hydrogen-bond donors (Lipinski definition) is 1. The lowest BCUT2D eigenvalue weighted by Gasteiger charge is -2.25. The third-order valence-electron chi connectivity index (χ3n) is 2.84. The number of carbonyl (C=O) groups excluding carboxylic acids is 2. The van der Waals surface area contributed by atoms with Gasteiger partial charge in [-0.15, -0.1) is 0 Å². The summed E-state index contributed by atoms with van der Waals surface area (Å²) in [4.78, 5) is 25.0. The molecule has 0 aromatic carbocycles. The first-order valence-electron chi connectivity index (χ1n) is 5.21. The highest BCUT2D eigenvalue weighted by molar-refractivity contribution is 5.99. The minimum Gasteiger partial charge on any atom is -0.274 e. The molecule has 5 heteroatoms. The van der Waals surface area contributed by atoms with Gasteiger partial charge < -0.3 is 0 Å². The van der Waals surface area contributed by atoms with E-state index in [2.05, 4.69) is 0 Å². The molecular formula is C10H19N3O2. The largest absolute Gasteiger partial charge is 0.341 e. The molecule has 1 atom stereocenters. The summed E-state index contributed by atoms with van der Waals surface area (Å²) in [7, 11) is 0. The molecule has 1 unspecified atom stereocenters. The minimum atomic E-state index is -0.455. The fraction of sp³-hybridized carbons (Fsp3) is 0.800. The van der Waals surface area contributed by atoms with E-state index < -0.39 is 11.4 Å². The van der Waals surface area contributed by atoms with Crippen LogP contribution in [-0.2, 0) is 4.79 Å². The van der Waals surface area contributed by atoms with Gasteiger partial charge in [0.1, 0.15) is 0 Å². The van der Waals surface area contributed by atoms with Crippen LogP contribution in [0.2, 0.25) is 0 Å². The number of hydrogen-bond acceptors (Lipinski definition) is 3. The summed E-state index contributed by atoms with van der Waals surface area (Å²) in [5, 5.41) is 1.07. The predicted molar refractivity (Wildman–Crippen MR) is 56.7 cm³/mol. The van der Waals surface area contributed by atoms with Crippen molar-refractivity contribution < 1.29 is 9.59 Å². The van der Waals surface area contributed by atoms with Gasteiger partial charge in [0.05, 0.1) is 0 Å². The summed E-state index contributed by atoms with van der Waals surface area (Å²) in [5.41, 5.74) is -0.455. The second-order valence-electron chi connectivity index (χ2n) is 4.68. The van der Waals surface area contributed by atoms with E-state index in [9.17, 15) is 9.59 Å². The Morgan fingerprint density at radius 3 is 2.53 bits per heavy atom. The quantitative estimate of drug-likeness (QED) is 0.400. The van der Waals surface area contributed by atoms with Gasteiger partial charge in [-0.05, 0) is 20.3 Å². The van der Waals surface area contributed by atoms with E-state index in [-0.39, 0.29) is 11.9 Å². The second kappa shape index (κ2) is 3.81. The zero-order valence-corrected chi connectivity index (χ0v) is 9.78. The number of carbonyl (C=O) groups is 2. The van der Waals surface area contributed by atoms with Gasteiger partial charge in [0.2, 0.25) is 5.91 Å². The first-order chi connectivity index (χ1) is 6.81. The average Bonchev–Trinajstić information content (AvgIpc) is 2.34. The van der Waals surface area contributed by atoms with Crippen LogP contribution < -0.4 is 5.84 Å². The van der Waals surface area contributed by atoms with Crippen LogP contribution >= 0.6 is 0 Å². The van der Waals surface area contributed by atoms with Crippen LogP contribution in [0.4, 0.5) is 4.79 Å². The van der Waals surface area contributed by atoms with Gasteiger partial charge in [0.15, 0.2) is 0 Å². The van der Waals surface area contributed by atoms with E-state index in [0.717, 1.165) is 5.01 Å². The van der Waals surface area contributed by atoms with E-state index in [4.69, 9.17) is 5.84 Å². The number of likely N-dealkylation sites (tertiary alicyclic amines) is 1. The van der Waals surface area contributed by atoms with Gasteiger partial charge in [-0.2, -0.15) is 0 Å². The summed E-state index contributed by atoms with van der Waals surface area (Å²) in [6, 6.07) is -0.474. The van der Waals surface area contributed by atoms with Crippen molar-refractivity contribution >= 4 is 11.9 Å². The number of amides is 3. The highest BCUT2D eigenvalue weighted by Crippen LogP contribution is 2.35. The van der Waals surface area contributed by atoms with E-state index in [0.29, 0.717) is 13.0 Å². The highest BCUT2D eigenvalue weighted by Gasteiger charge is 2.46. The Labute approximate surface area is 90.2 Å². The van der Waals surface area contributed by atoms with Crippen LogP contribution in [0.5, 0.6) is 0 Å².